The lowest BCUT2D eigenvalue weighted by Gasteiger charge is -2.25. The van der Waals surface area contributed by atoms with Crippen molar-refractivity contribution in [3.8, 4) is 0 Å². The van der Waals surface area contributed by atoms with Gasteiger partial charge in [-0.2, -0.15) is 0 Å². The number of carbonyl (C=O) groups is 1. The second-order valence-electron chi connectivity index (χ2n) is 5.01. The Bertz CT molecular complexity index is 654. The maximum atomic E-state index is 12.0. The summed E-state index contributed by atoms with van der Waals surface area (Å²) in [4.78, 5) is 18.6. The molecule has 4 heteroatoms. The van der Waals surface area contributed by atoms with Crippen molar-refractivity contribution in [1.82, 2.24) is 10.3 Å². The Kier molecular flexibility index (Phi) is 3.14. The third-order valence-corrected chi connectivity index (χ3v) is 3.69. The molecule has 3 rings (SSSR count). The fourth-order valence-electron chi connectivity index (χ4n) is 2.79. The molecule has 1 aromatic heterocycles. The number of nitrogens with one attached hydrogen (secondary N) is 1. The molecule has 0 saturated carbocycles. The maximum absolute atomic E-state index is 12.0. The molecule has 1 aliphatic rings. The summed E-state index contributed by atoms with van der Waals surface area (Å²) in [6, 6.07) is 12.2. The topological polar surface area (TPSA) is 45.2 Å². The molecule has 20 heavy (non-hydrogen) atoms. The van der Waals surface area contributed by atoms with E-state index in [0.29, 0.717) is 11.6 Å². The van der Waals surface area contributed by atoms with Crippen molar-refractivity contribution >= 4 is 17.4 Å². The van der Waals surface area contributed by atoms with Crippen molar-refractivity contribution < 1.29 is 4.79 Å². The van der Waals surface area contributed by atoms with E-state index in [1.54, 1.807) is 19.3 Å². The predicted molar refractivity (Wildman–Crippen MR) is 79.4 cm³/mol. The molecule has 1 atom stereocenters. The molecule has 4 nitrogen and oxygen atoms in total. The van der Waals surface area contributed by atoms with Crippen LogP contribution in [-0.4, -0.2) is 24.0 Å². The molecule has 102 valence electrons. The van der Waals surface area contributed by atoms with E-state index < -0.39 is 0 Å². The molecule has 0 radical (unpaired) electrons. The monoisotopic (exact) mass is 267 g/mol. The Morgan fingerprint density at radius 3 is 2.90 bits per heavy atom. The molecule has 1 N–H and O–H groups in total. The van der Waals surface area contributed by atoms with Gasteiger partial charge in [0.25, 0.3) is 5.91 Å². The number of carbonyl (C=O) groups excluding carboxylic acids is 1. The van der Waals surface area contributed by atoms with Crippen LogP contribution < -0.4 is 10.2 Å². The molecule has 1 unspecified atom stereocenters. The molecule has 2 aromatic rings. The number of nitrogens with zero attached hydrogens (tertiary/aromatic N) is 2. The van der Waals surface area contributed by atoms with E-state index in [2.05, 4.69) is 34.3 Å². The van der Waals surface area contributed by atoms with E-state index in [0.717, 1.165) is 17.9 Å². The zero-order valence-corrected chi connectivity index (χ0v) is 11.6. The third kappa shape index (κ3) is 1.93. The number of rotatable bonds is 2. The Morgan fingerprint density at radius 2 is 2.10 bits per heavy atom. The normalized spacial score (nSPS) is 16.9. The van der Waals surface area contributed by atoms with Crippen molar-refractivity contribution in [3.05, 3.63) is 53.7 Å². The number of aromatic nitrogens is 1. The lowest BCUT2D eigenvalue weighted by atomic mass is 10.1. The standard InChI is InChI=1S/C16H17N3O/c1-11-10-12-6-3-4-8-14(12)19(11)15-13(16(20)17-2)7-5-9-18-15/h3-9,11H,10H2,1-2H3,(H,17,20). The van der Waals surface area contributed by atoms with Crippen LogP contribution in [0.4, 0.5) is 11.5 Å². The van der Waals surface area contributed by atoms with Gasteiger partial charge in [0.05, 0.1) is 5.56 Å². The first-order valence-corrected chi connectivity index (χ1v) is 6.76. The fraction of sp³-hybridized carbons (Fsp3) is 0.250. The third-order valence-electron chi connectivity index (χ3n) is 3.69. The summed E-state index contributed by atoms with van der Waals surface area (Å²) in [7, 11) is 1.64. The van der Waals surface area contributed by atoms with Gasteiger partial charge in [-0.15, -0.1) is 0 Å². The summed E-state index contributed by atoms with van der Waals surface area (Å²) < 4.78 is 0. The van der Waals surface area contributed by atoms with Crippen molar-refractivity contribution in [2.24, 2.45) is 0 Å². The average molecular weight is 267 g/mol. The summed E-state index contributed by atoms with van der Waals surface area (Å²) in [5.74, 6) is 0.619. The number of pyridine rings is 1. The Balaban J connectivity index is 2.12. The molecular formula is C16H17N3O. The molecule has 1 aliphatic heterocycles. The number of anilines is 2. The van der Waals surface area contributed by atoms with E-state index >= 15 is 0 Å². The highest BCUT2D eigenvalue weighted by Crippen LogP contribution is 2.38. The summed E-state index contributed by atoms with van der Waals surface area (Å²) >= 11 is 0. The van der Waals surface area contributed by atoms with Crippen LogP contribution in [0.5, 0.6) is 0 Å². The van der Waals surface area contributed by atoms with Gasteiger partial charge in [-0.1, -0.05) is 18.2 Å². The first-order valence-electron chi connectivity index (χ1n) is 6.76. The smallest absolute Gasteiger partial charge is 0.254 e. The summed E-state index contributed by atoms with van der Waals surface area (Å²) in [5.41, 5.74) is 3.05. The Labute approximate surface area is 118 Å². The van der Waals surface area contributed by atoms with Gasteiger partial charge in [0, 0.05) is 25.0 Å². The lowest BCUT2D eigenvalue weighted by Crippen LogP contribution is -2.29. The summed E-state index contributed by atoms with van der Waals surface area (Å²) in [6.45, 7) is 2.16. The minimum atomic E-state index is -0.107. The number of fused-ring (bicyclic) bond motifs is 1. The highest BCUT2D eigenvalue weighted by molar-refractivity contribution is 5.99. The molecular weight excluding hydrogens is 250 g/mol. The highest BCUT2D eigenvalue weighted by Gasteiger charge is 2.30. The van der Waals surface area contributed by atoms with E-state index in [1.165, 1.54) is 5.56 Å². The van der Waals surface area contributed by atoms with E-state index in [-0.39, 0.29) is 5.91 Å². The molecule has 1 amide bonds. The van der Waals surface area contributed by atoms with Crippen LogP contribution in [0.1, 0.15) is 22.8 Å². The lowest BCUT2D eigenvalue weighted by molar-refractivity contribution is 0.0963. The molecule has 0 saturated heterocycles. The highest BCUT2D eigenvalue weighted by atomic mass is 16.1. The largest absolute Gasteiger partial charge is 0.355 e. The van der Waals surface area contributed by atoms with E-state index in [9.17, 15) is 4.79 Å². The van der Waals surface area contributed by atoms with Gasteiger partial charge in [0.2, 0.25) is 0 Å². The van der Waals surface area contributed by atoms with E-state index in [4.69, 9.17) is 0 Å². The average Bonchev–Trinajstić information content (AvgIpc) is 2.82. The maximum Gasteiger partial charge on any atom is 0.254 e. The zero-order chi connectivity index (χ0) is 14.1. The van der Waals surface area contributed by atoms with Gasteiger partial charge in [-0.3, -0.25) is 4.79 Å². The van der Waals surface area contributed by atoms with Gasteiger partial charge in [-0.05, 0) is 37.1 Å². The summed E-state index contributed by atoms with van der Waals surface area (Å²) in [5, 5.41) is 2.68. The van der Waals surface area contributed by atoms with Gasteiger partial charge in [0.15, 0.2) is 0 Å². The van der Waals surface area contributed by atoms with Crippen molar-refractivity contribution in [2.45, 2.75) is 19.4 Å². The SMILES string of the molecule is CNC(=O)c1cccnc1N1c2ccccc2CC1C. The van der Waals surface area contributed by atoms with Crippen LogP contribution in [0.25, 0.3) is 0 Å². The number of hydrogen-bond acceptors (Lipinski definition) is 3. The summed E-state index contributed by atoms with van der Waals surface area (Å²) in [6.07, 6.45) is 2.70. The second-order valence-corrected chi connectivity index (χ2v) is 5.01. The van der Waals surface area contributed by atoms with Crippen molar-refractivity contribution in [3.63, 3.8) is 0 Å². The second kappa shape index (κ2) is 4.96. The van der Waals surface area contributed by atoms with Crippen LogP contribution in [0, 0.1) is 0 Å². The van der Waals surface area contributed by atoms with E-state index in [1.807, 2.05) is 18.2 Å². The van der Waals surface area contributed by atoms with Crippen molar-refractivity contribution in [1.29, 1.82) is 0 Å². The number of para-hydroxylation sites is 1. The van der Waals surface area contributed by atoms with Crippen LogP contribution in [0.15, 0.2) is 42.6 Å². The number of benzene rings is 1. The molecule has 0 spiro atoms. The zero-order valence-electron chi connectivity index (χ0n) is 11.6. The van der Waals surface area contributed by atoms with Crippen LogP contribution in [0.3, 0.4) is 0 Å². The quantitative estimate of drug-likeness (QED) is 0.909. The Hall–Kier alpha value is -2.36. The van der Waals surface area contributed by atoms with Crippen LogP contribution >= 0.6 is 0 Å². The first-order chi connectivity index (χ1) is 9.72. The minimum Gasteiger partial charge on any atom is -0.355 e. The fourth-order valence-corrected chi connectivity index (χ4v) is 2.79. The molecule has 0 bridgehead atoms. The van der Waals surface area contributed by atoms with Gasteiger partial charge in [0.1, 0.15) is 5.82 Å². The van der Waals surface area contributed by atoms with Gasteiger partial charge in [-0.25, -0.2) is 4.98 Å². The Morgan fingerprint density at radius 1 is 1.30 bits per heavy atom. The number of hydrogen-bond donors (Lipinski definition) is 1. The minimum absolute atomic E-state index is 0.107. The van der Waals surface area contributed by atoms with Crippen LogP contribution in [0.2, 0.25) is 0 Å². The molecule has 0 aliphatic carbocycles. The molecule has 1 aromatic carbocycles. The first kappa shape index (κ1) is 12.7. The van der Waals surface area contributed by atoms with Gasteiger partial charge < -0.3 is 10.2 Å². The number of amides is 1. The van der Waals surface area contributed by atoms with Gasteiger partial charge >= 0.3 is 0 Å². The molecule has 2 heterocycles. The van der Waals surface area contributed by atoms with Crippen LogP contribution in [-0.2, 0) is 6.42 Å². The molecule has 0 fully saturated rings. The predicted octanol–water partition coefficient (Wildman–Crippen LogP) is 2.52. The van der Waals surface area contributed by atoms with Crippen molar-refractivity contribution in [2.75, 3.05) is 11.9 Å².